The molecule has 0 aliphatic carbocycles. The standard InChI is InChI=1S/C12H27NO5Si.C9H21NO5Si/c1-5-15-12(14)13-10-9-11-19(16-6-2,17-7-3)18-8-4;1-5-15-9(11)10-7-6-8-16(12-2,13-3)14-4/h5-11H2,1-4H3,(H,13,14);5-8H2,1-4H3,(H,10,11). The van der Waals surface area contributed by atoms with E-state index in [4.69, 9.17) is 36.0 Å². The van der Waals surface area contributed by atoms with Gasteiger partial charge in [0.2, 0.25) is 0 Å². The number of hydrogen-bond donors (Lipinski definition) is 2. The topological polar surface area (TPSA) is 132 Å². The van der Waals surface area contributed by atoms with Crippen LogP contribution in [0.4, 0.5) is 9.59 Å². The van der Waals surface area contributed by atoms with Crippen LogP contribution in [-0.2, 0) is 36.0 Å². The molecule has 35 heavy (non-hydrogen) atoms. The van der Waals surface area contributed by atoms with E-state index in [2.05, 4.69) is 10.6 Å². The Kier molecular flexibility index (Phi) is 23.7. The first-order valence-corrected chi connectivity index (χ1v) is 16.0. The lowest BCUT2D eigenvalue weighted by Crippen LogP contribution is -2.46. The van der Waals surface area contributed by atoms with Gasteiger partial charge in [-0.1, -0.05) is 0 Å². The van der Waals surface area contributed by atoms with Gasteiger partial charge < -0.3 is 46.7 Å². The van der Waals surface area contributed by atoms with Gasteiger partial charge in [-0.05, 0) is 47.5 Å². The highest BCUT2D eigenvalue weighted by Gasteiger charge is 2.39. The maximum atomic E-state index is 11.1. The average molecular weight is 545 g/mol. The Morgan fingerprint density at radius 2 is 0.914 bits per heavy atom. The van der Waals surface area contributed by atoms with Crippen molar-refractivity contribution in [2.24, 2.45) is 0 Å². The smallest absolute Gasteiger partial charge is 0.450 e. The molecular weight excluding hydrogens is 496 g/mol. The van der Waals surface area contributed by atoms with E-state index in [9.17, 15) is 9.59 Å². The number of amides is 2. The monoisotopic (exact) mass is 544 g/mol. The molecule has 0 aromatic heterocycles. The summed E-state index contributed by atoms with van der Waals surface area (Å²) in [6.07, 6.45) is 0.673. The fourth-order valence-corrected chi connectivity index (χ4v) is 7.25. The van der Waals surface area contributed by atoms with Crippen molar-refractivity contribution in [2.45, 2.75) is 59.5 Å². The lowest BCUT2D eigenvalue weighted by molar-refractivity contribution is 0.0706. The zero-order chi connectivity index (χ0) is 27.0. The first-order chi connectivity index (χ1) is 16.8. The summed E-state index contributed by atoms with van der Waals surface area (Å²) in [7, 11) is -0.376. The van der Waals surface area contributed by atoms with Crippen molar-refractivity contribution in [1.29, 1.82) is 0 Å². The molecule has 0 radical (unpaired) electrons. The van der Waals surface area contributed by atoms with Crippen LogP contribution in [0.25, 0.3) is 0 Å². The Morgan fingerprint density at radius 1 is 0.571 bits per heavy atom. The fourth-order valence-electron chi connectivity index (χ4n) is 2.91. The number of rotatable bonds is 19. The van der Waals surface area contributed by atoms with Crippen molar-refractivity contribution in [1.82, 2.24) is 10.6 Å². The second kappa shape index (κ2) is 23.2. The number of ether oxygens (including phenoxy) is 2. The summed E-state index contributed by atoms with van der Waals surface area (Å²) in [5.74, 6) is 0. The third-order valence-corrected chi connectivity index (χ3v) is 10.4. The molecule has 2 N–H and O–H groups in total. The molecular formula is C21H48N2O10Si2. The van der Waals surface area contributed by atoms with E-state index in [0.717, 1.165) is 12.8 Å². The number of carbonyl (C=O) groups excluding carboxylic acids is 2. The molecule has 210 valence electrons. The molecule has 0 saturated heterocycles. The summed E-state index contributed by atoms with van der Waals surface area (Å²) in [5.41, 5.74) is 0. The van der Waals surface area contributed by atoms with Crippen LogP contribution in [0.2, 0.25) is 12.1 Å². The molecule has 2 amide bonds. The minimum Gasteiger partial charge on any atom is -0.450 e. The number of alkyl carbamates (subject to hydrolysis) is 2. The predicted molar refractivity (Wildman–Crippen MR) is 136 cm³/mol. The van der Waals surface area contributed by atoms with Crippen LogP contribution in [0.1, 0.15) is 47.5 Å². The summed E-state index contributed by atoms with van der Waals surface area (Å²) >= 11 is 0. The van der Waals surface area contributed by atoms with E-state index in [-0.39, 0.29) is 6.09 Å². The lowest BCUT2D eigenvalue weighted by atomic mass is 10.5. The van der Waals surface area contributed by atoms with E-state index in [1.54, 1.807) is 35.2 Å². The van der Waals surface area contributed by atoms with E-state index in [1.165, 1.54) is 0 Å². The van der Waals surface area contributed by atoms with Crippen LogP contribution in [-0.4, -0.2) is 97.2 Å². The Morgan fingerprint density at radius 3 is 1.20 bits per heavy atom. The molecule has 0 atom stereocenters. The maximum Gasteiger partial charge on any atom is 0.500 e. The molecule has 0 saturated carbocycles. The maximum absolute atomic E-state index is 11.1. The molecule has 0 rings (SSSR count). The van der Waals surface area contributed by atoms with E-state index in [0.29, 0.717) is 58.2 Å². The lowest BCUT2D eigenvalue weighted by Gasteiger charge is -2.28. The zero-order valence-corrected chi connectivity index (χ0v) is 24.9. The minimum atomic E-state index is -2.58. The van der Waals surface area contributed by atoms with Crippen LogP contribution in [0, 0.1) is 0 Å². The van der Waals surface area contributed by atoms with Gasteiger partial charge in [0.1, 0.15) is 0 Å². The summed E-state index contributed by atoms with van der Waals surface area (Å²) in [4.78, 5) is 22.1. The molecule has 12 nitrogen and oxygen atoms in total. The predicted octanol–water partition coefficient (Wildman–Crippen LogP) is 3.17. The highest BCUT2D eigenvalue weighted by molar-refractivity contribution is 6.61. The van der Waals surface area contributed by atoms with Crippen LogP contribution in [0.3, 0.4) is 0 Å². The molecule has 0 heterocycles. The molecule has 0 spiro atoms. The molecule has 14 heteroatoms. The van der Waals surface area contributed by atoms with Crippen LogP contribution in [0.15, 0.2) is 0 Å². The summed E-state index contributed by atoms with van der Waals surface area (Å²) in [5, 5.41) is 5.30. The molecule has 0 aromatic carbocycles. The molecule has 0 fully saturated rings. The van der Waals surface area contributed by atoms with Gasteiger partial charge in [-0.2, -0.15) is 0 Å². The minimum absolute atomic E-state index is 0.374. The first-order valence-electron chi connectivity index (χ1n) is 12.2. The van der Waals surface area contributed by atoms with Gasteiger partial charge in [0.15, 0.2) is 0 Å². The van der Waals surface area contributed by atoms with Gasteiger partial charge in [-0.15, -0.1) is 0 Å². The van der Waals surface area contributed by atoms with Gasteiger partial charge in [-0.25, -0.2) is 9.59 Å². The number of hydrogen-bond acceptors (Lipinski definition) is 10. The van der Waals surface area contributed by atoms with Crippen molar-refractivity contribution >= 4 is 29.8 Å². The average Bonchev–Trinajstić information content (AvgIpc) is 2.84. The molecule has 0 aliphatic heterocycles. The summed E-state index contributed by atoms with van der Waals surface area (Å²) in [6, 6.07) is 1.35. The zero-order valence-electron chi connectivity index (χ0n) is 22.9. The van der Waals surface area contributed by atoms with E-state index < -0.39 is 23.7 Å². The highest BCUT2D eigenvalue weighted by Crippen LogP contribution is 2.18. The normalized spacial score (nSPS) is 11.3. The van der Waals surface area contributed by atoms with Gasteiger partial charge in [0.25, 0.3) is 0 Å². The van der Waals surface area contributed by atoms with Gasteiger partial charge in [0.05, 0.1) is 13.2 Å². The Balaban J connectivity index is 0. The fraction of sp³-hybridized carbons (Fsp3) is 0.905. The van der Waals surface area contributed by atoms with Crippen molar-refractivity contribution in [3.63, 3.8) is 0 Å². The van der Waals surface area contributed by atoms with Crippen molar-refractivity contribution in [2.75, 3.05) is 67.5 Å². The van der Waals surface area contributed by atoms with Gasteiger partial charge in [-0.3, -0.25) is 0 Å². The van der Waals surface area contributed by atoms with E-state index >= 15 is 0 Å². The van der Waals surface area contributed by atoms with Crippen LogP contribution in [0.5, 0.6) is 0 Å². The quantitative estimate of drug-likeness (QED) is 0.185. The van der Waals surface area contributed by atoms with Gasteiger partial charge in [0, 0.05) is 66.3 Å². The summed E-state index contributed by atoms with van der Waals surface area (Å²) < 4.78 is 42.4. The van der Waals surface area contributed by atoms with Gasteiger partial charge >= 0.3 is 29.8 Å². The highest BCUT2D eigenvalue weighted by atomic mass is 28.4. The second-order valence-electron chi connectivity index (χ2n) is 6.78. The summed E-state index contributed by atoms with van der Waals surface area (Å²) in [6.45, 7) is 12.8. The number of nitrogens with one attached hydrogen (secondary N) is 2. The Labute approximate surface area is 213 Å². The van der Waals surface area contributed by atoms with Crippen LogP contribution < -0.4 is 10.6 Å². The molecule has 0 unspecified atom stereocenters. The molecule has 0 aromatic rings. The van der Waals surface area contributed by atoms with Crippen LogP contribution >= 0.6 is 0 Å². The van der Waals surface area contributed by atoms with Crippen molar-refractivity contribution in [3.8, 4) is 0 Å². The SMILES string of the molecule is CCOC(=O)NCCC[Si](OC)(OC)OC.CCOC(=O)NCCC[Si](OCC)(OCC)OCC. The third kappa shape index (κ3) is 17.8. The second-order valence-corrected chi connectivity index (χ2v) is 12.6. The van der Waals surface area contributed by atoms with E-state index in [1.807, 2.05) is 20.8 Å². The Hall–Kier alpha value is -1.27. The molecule has 0 aliphatic rings. The van der Waals surface area contributed by atoms with Crippen molar-refractivity contribution in [3.05, 3.63) is 0 Å². The third-order valence-electron chi connectivity index (χ3n) is 4.43. The largest absolute Gasteiger partial charge is 0.500 e. The van der Waals surface area contributed by atoms with Crippen molar-refractivity contribution < 1.29 is 45.6 Å². The number of carbonyl (C=O) groups is 2. The first kappa shape index (κ1) is 35.9. The molecule has 0 bridgehead atoms. The Bertz CT molecular complexity index is 503.